The Bertz CT molecular complexity index is 885. The molecule has 0 atom stereocenters. The SMILES string of the molecule is Cc1ccc(NC(=O)Cn2nnc(-c3ccccc3C)n2)cc1C. The van der Waals surface area contributed by atoms with Crippen LogP contribution in [0.25, 0.3) is 11.4 Å². The molecule has 0 aliphatic heterocycles. The monoisotopic (exact) mass is 321 g/mol. The summed E-state index contributed by atoms with van der Waals surface area (Å²) in [6, 6.07) is 13.6. The molecule has 6 nitrogen and oxygen atoms in total. The number of nitrogens with one attached hydrogen (secondary N) is 1. The predicted molar refractivity (Wildman–Crippen MR) is 92.5 cm³/mol. The van der Waals surface area contributed by atoms with Crippen LogP contribution in [0, 0.1) is 20.8 Å². The molecule has 1 amide bonds. The molecule has 1 aromatic heterocycles. The minimum atomic E-state index is -0.188. The van der Waals surface area contributed by atoms with E-state index < -0.39 is 0 Å². The van der Waals surface area contributed by atoms with Gasteiger partial charge in [0.05, 0.1) is 0 Å². The fourth-order valence-corrected chi connectivity index (χ4v) is 2.39. The minimum absolute atomic E-state index is 0.0196. The molecular formula is C18H19N5O. The zero-order chi connectivity index (χ0) is 17.1. The van der Waals surface area contributed by atoms with Crippen LogP contribution >= 0.6 is 0 Å². The van der Waals surface area contributed by atoms with Crippen molar-refractivity contribution in [2.24, 2.45) is 0 Å². The van der Waals surface area contributed by atoms with E-state index in [0.717, 1.165) is 22.4 Å². The molecule has 0 spiro atoms. The van der Waals surface area contributed by atoms with Crippen molar-refractivity contribution in [2.45, 2.75) is 27.3 Å². The Labute approximate surface area is 140 Å². The van der Waals surface area contributed by atoms with E-state index in [-0.39, 0.29) is 12.5 Å². The third-order valence-electron chi connectivity index (χ3n) is 3.91. The molecule has 0 saturated carbocycles. The van der Waals surface area contributed by atoms with Gasteiger partial charge >= 0.3 is 0 Å². The van der Waals surface area contributed by atoms with E-state index in [2.05, 4.69) is 20.7 Å². The van der Waals surface area contributed by atoms with Gasteiger partial charge in [-0.2, -0.15) is 4.80 Å². The van der Waals surface area contributed by atoms with Crippen molar-refractivity contribution in [3.05, 3.63) is 59.2 Å². The molecule has 3 rings (SSSR count). The lowest BCUT2D eigenvalue weighted by Crippen LogP contribution is -2.20. The maximum absolute atomic E-state index is 12.2. The van der Waals surface area contributed by atoms with E-state index in [4.69, 9.17) is 0 Å². The van der Waals surface area contributed by atoms with Crippen molar-refractivity contribution in [1.29, 1.82) is 0 Å². The van der Waals surface area contributed by atoms with Crippen LogP contribution in [-0.4, -0.2) is 26.1 Å². The standard InChI is InChI=1S/C18H19N5O/c1-12-8-9-15(10-14(12)3)19-17(24)11-23-21-18(20-22-23)16-7-5-4-6-13(16)2/h4-10H,11H2,1-3H3,(H,19,24). The molecule has 0 aliphatic rings. The molecule has 6 heteroatoms. The highest BCUT2D eigenvalue weighted by Crippen LogP contribution is 2.18. The molecule has 3 aromatic rings. The van der Waals surface area contributed by atoms with Crippen LogP contribution in [-0.2, 0) is 11.3 Å². The smallest absolute Gasteiger partial charge is 0.248 e. The van der Waals surface area contributed by atoms with Crippen molar-refractivity contribution < 1.29 is 4.79 Å². The molecule has 0 fully saturated rings. The highest BCUT2D eigenvalue weighted by Gasteiger charge is 2.11. The number of hydrogen-bond acceptors (Lipinski definition) is 4. The number of carbonyl (C=O) groups is 1. The van der Waals surface area contributed by atoms with Crippen molar-refractivity contribution >= 4 is 11.6 Å². The van der Waals surface area contributed by atoms with E-state index in [1.165, 1.54) is 10.4 Å². The molecule has 2 aromatic carbocycles. The van der Waals surface area contributed by atoms with Gasteiger partial charge in [-0.3, -0.25) is 4.79 Å². The Morgan fingerprint density at radius 1 is 1.04 bits per heavy atom. The second-order valence-electron chi connectivity index (χ2n) is 5.81. The first-order valence-electron chi connectivity index (χ1n) is 7.74. The van der Waals surface area contributed by atoms with E-state index in [9.17, 15) is 4.79 Å². The molecule has 0 radical (unpaired) electrons. The highest BCUT2D eigenvalue weighted by atomic mass is 16.2. The Balaban J connectivity index is 1.69. The number of nitrogens with zero attached hydrogens (tertiary/aromatic N) is 4. The predicted octanol–water partition coefficient (Wildman–Crippen LogP) is 2.90. The average molecular weight is 321 g/mol. The number of aromatic nitrogens is 4. The first-order chi connectivity index (χ1) is 11.5. The fraction of sp³-hybridized carbons (Fsp3) is 0.222. The number of rotatable bonds is 4. The third kappa shape index (κ3) is 3.48. The number of carbonyl (C=O) groups excluding carboxylic acids is 1. The number of amides is 1. The van der Waals surface area contributed by atoms with Gasteiger partial charge in [0.15, 0.2) is 0 Å². The summed E-state index contributed by atoms with van der Waals surface area (Å²) < 4.78 is 0. The van der Waals surface area contributed by atoms with Gasteiger partial charge in [0.2, 0.25) is 11.7 Å². The van der Waals surface area contributed by atoms with Crippen LogP contribution in [0.4, 0.5) is 5.69 Å². The van der Waals surface area contributed by atoms with Crippen molar-refractivity contribution in [3.63, 3.8) is 0 Å². The molecule has 122 valence electrons. The third-order valence-corrected chi connectivity index (χ3v) is 3.91. The van der Waals surface area contributed by atoms with E-state index >= 15 is 0 Å². The van der Waals surface area contributed by atoms with E-state index in [1.54, 1.807) is 0 Å². The van der Waals surface area contributed by atoms with Gasteiger partial charge in [-0.05, 0) is 54.8 Å². The largest absolute Gasteiger partial charge is 0.324 e. The minimum Gasteiger partial charge on any atom is -0.324 e. The van der Waals surface area contributed by atoms with Gasteiger partial charge in [-0.15, -0.1) is 10.2 Å². The quantitative estimate of drug-likeness (QED) is 0.802. The molecule has 1 heterocycles. The van der Waals surface area contributed by atoms with E-state index in [1.807, 2.05) is 63.2 Å². The van der Waals surface area contributed by atoms with Gasteiger partial charge in [0, 0.05) is 11.3 Å². The zero-order valence-corrected chi connectivity index (χ0v) is 13.9. The van der Waals surface area contributed by atoms with E-state index in [0.29, 0.717) is 5.82 Å². The fourth-order valence-electron chi connectivity index (χ4n) is 2.39. The zero-order valence-electron chi connectivity index (χ0n) is 13.9. The summed E-state index contributed by atoms with van der Waals surface area (Å²) in [4.78, 5) is 13.5. The molecule has 0 aliphatic carbocycles. The lowest BCUT2D eigenvalue weighted by atomic mass is 10.1. The number of benzene rings is 2. The van der Waals surface area contributed by atoms with Crippen molar-refractivity contribution in [2.75, 3.05) is 5.32 Å². The van der Waals surface area contributed by atoms with Crippen molar-refractivity contribution in [3.8, 4) is 11.4 Å². The Kier molecular flexibility index (Phi) is 4.37. The molecule has 1 N–H and O–H groups in total. The molecule has 24 heavy (non-hydrogen) atoms. The normalized spacial score (nSPS) is 10.6. The number of aryl methyl sites for hydroxylation is 3. The molecule has 0 saturated heterocycles. The highest BCUT2D eigenvalue weighted by molar-refractivity contribution is 5.90. The summed E-state index contributed by atoms with van der Waals surface area (Å²) in [5.74, 6) is 0.332. The van der Waals surface area contributed by atoms with Gasteiger partial charge in [-0.25, -0.2) is 0 Å². The Hall–Kier alpha value is -3.02. The van der Waals surface area contributed by atoms with Gasteiger partial charge in [-0.1, -0.05) is 30.3 Å². The maximum atomic E-state index is 12.2. The number of tetrazole rings is 1. The van der Waals surface area contributed by atoms with Crippen LogP contribution in [0.2, 0.25) is 0 Å². The molecule has 0 unspecified atom stereocenters. The van der Waals surface area contributed by atoms with Crippen LogP contribution in [0.3, 0.4) is 0 Å². The lowest BCUT2D eigenvalue weighted by molar-refractivity contribution is -0.117. The second kappa shape index (κ2) is 6.62. The maximum Gasteiger partial charge on any atom is 0.248 e. The molecular weight excluding hydrogens is 302 g/mol. The summed E-state index contributed by atoms with van der Waals surface area (Å²) in [6.07, 6.45) is 0. The van der Waals surface area contributed by atoms with Crippen LogP contribution in [0.5, 0.6) is 0 Å². The Morgan fingerprint density at radius 2 is 1.83 bits per heavy atom. The van der Waals surface area contributed by atoms with Gasteiger partial charge < -0.3 is 5.32 Å². The average Bonchev–Trinajstić information content (AvgIpc) is 2.99. The van der Waals surface area contributed by atoms with Crippen molar-refractivity contribution in [1.82, 2.24) is 20.2 Å². The number of hydrogen-bond donors (Lipinski definition) is 1. The first kappa shape index (κ1) is 15.9. The summed E-state index contributed by atoms with van der Waals surface area (Å²) in [7, 11) is 0. The summed E-state index contributed by atoms with van der Waals surface area (Å²) >= 11 is 0. The second-order valence-corrected chi connectivity index (χ2v) is 5.81. The van der Waals surface area contributed by atoms with Crippen LogP contribution in [0.15, 0.2) is 42.5 Å². The lowest BCUT2D eigenvalue weighted by Gasteiger charge is -2.07. The van der Waals surface area contributed by atoms with Crippen LogP contribution < -0.4 is 5.32 Å². The number of anilines is 1. The van der Waals surface area contributed by atoms with Gasteiger partial charge in [0.1, 0.15) is 6.54 Å². The summed E-state index contributed by atoms with van der Waals surface area (Å²) in [5, 5.41) is 15.1. The summed E-state index contributed by atoms with van der Waals surface area (Å²) in [6.45, 7) is 6.06. The van der Waals surface area contributed by atoms with Gasteiger partial charge in [0.25, 0.3) is 0 Å². The topological polar surface area (TPSA) is 72.7 Å². The first-order valence-corrected chi connectivity index (χ1v) is 7.74. The Morgan fingerprint density at radius 3 is 2.58 bits per heavy atom. The molecule has 0 bridgehead atoms. The summed E-state index contributed by atoms with van der Waals surface area (Å²) in [5.41, 5.74) is 5.07. The van der Waals surface area contributed by atoms with Crippen LogP contribution in [0.1, 0.15) is 16.7 Å².